The van der Waals surface area contributed by atoms with Crippen LogP contribution in [0, 0.1) is 11.4 Å². The van der Waals surface area contributed by atoms with Crippen LogP contribution < -0.4 is 0 Å². The molecule has 0 fully saturated rings. The van der Waals surface area contributed by atoms with Crippen molar-refractivity contribution in [2.75, 3.05) is 0 Å². The summed E-state index contributed by atoms with van der Waals surface area (Å²) >= 11 is 3.51. The van der Waals surface area contributed by atoms with Gasteiger partial charge in [-0.05, 0) is 64.3 Å². The average molecular weight is 1010 g/mol. The third-order valence-electron chi connectivity index (χ3n) is 11.1. The first kappa shape index (κ1) is 39.4. The Morgan fingerprint density at radius 2 is 1.13 bits per heavy atom. The van der Waals surface area contributed by atoms with E-state index in [4.69, 9.17) is 4.98 Å². The van der Waals surface area contributed by atoms with Crippen molar-refractivity contribution in [3.63, 3.8) is 0 Å². The minimum Gasteiger partial charge on any atom is -0.332 e. The summed E-state index contributed by atoms with van der Waals surface area (Å²) in [5.41, 5.74) is 13.2. The number of nitrogens with zero attached hydrogens (tertiary/aromatic N) is 3. The van der Waals surface area contributed by atoms with E-state index in [1.165, 1.54) is 36.0 Å². The predicted molar refractivity (Wildman–Crippen MR) is 258 cm³/mol. The first-order chi connectivity index (χ1) is 30.3. The number of rotatable bonds is 6. The monoisotopic (exact) mass is 1010 g/mol. The van der Waals surface area contributed by atoms with Gasteiger partial charge in [0.05, 0.1) is 22.5 Å². The summed E-state index contributed by atoms with van der Waals surface area (Å²) in [7, 11) is 0. The molecular formula is C56H35IrN3S2-2. The Morgan fingerprint density at radius 1 is 0.484 bits per heavy atom. The topological polar surface area (TPSA) is 30.7 Å². The predicted octanol–water partition coefficient (Wildman–Crippen LogP) is 15.6. The molecule has 12 rings (SSSR count). The van der Waals surface area contributed by atoms with Crippen LogP contribution in [-0.4, -0.2) is 14.5 Å². The molecular weight excluding hydrogens is 971 g/mol. The summed E-state index contributed by atoms with van der Waals surface area (Å²) in [4.78, 5) is 9.58. The summed E-state index contributed by atoms with van der Waals surface area (Å²) in [5, 5.41) is 7.49. The van der Waals surface area contributed by atoms with Crippen LogP contribution in [0.5, 0.6) is 0 Å². The van der Waals surface area contributed by atoms with Gasteiger partial charge in [0.1, 0.15) is 0 Å². The van der Waals surface area contributed by atoms with Crippen molar-refractivity contribution in [2.45, 2.75) is 0 Å². The molecule has 0 aliphatic rings. The molecule has 1 radical (unpaired) electrons. The van der Waals surface area contributed by atoms with E-state index in [-0.39, 0.29) is 20.1 Å². The van der Waals surface area contributed by atoms with Gasteiger partial charge in [-0.15, -0.1) is 52.6 Å². The summed E-state index contributed by atoms with van der Waals surface area (Å²) in [6, 6.07) is 75.7. The fraction of sp³-hybridized carbons (Fsp3) is 0. The maximum atomic E-state index is 5.36. The van der Waals surface area contributed by atoms with Gasteiger partial charge in [-0.1, -0.05) is 161 Å². The van der Waals surface area contributed by atoms with Gasteiger partial charge >= 0.3 is 0 Å². The number of para-hydroxylation sites is 3. The summed E-state index contributed by atoms with van der Waals surface area (Å²) in [6.45, 7) is 0. The minimum absolute atomic E-state index is 0. The number of fused-ring (bicyclic) bond motifs is 5. The van der Waals surface area contributed by atoms with Gasteiger partial charge in [0.2, 0.25) is 0 Å². The van der Waals surface area contributed by atoms with E-state index in [1.807, 2.05) is 53.8 Å². The van der Waals surface area contributed by atoms with Gasteiger partial charge in [-0.3, -0.25) is 16.3 Å². The van der Waals surface area contributed by atoms with Gasteiger partial charge in [-0.25, -0.2) is 0 Å². The van der Waals surface area contributed by atoms with Crippen LogP contribution in [0.1, 0.15) is 0 Å². The molecule has 12 aromatic rings. The molecule has 0 atom stereocenters. The first-order valence-electron chi connectivity index (χ1n) is 20.2. The normalized spacial score (nSPS) is 11.1. The van der Waals surface area contributed by atoms with Crippen LogP contribution in [0.15, 0.2) is 212 Å². The standard InChI is InChI=1S/C45H27N2S2.C11H8N.Ir/c1-3-12-29(13-4-1)33-17-11-18-34(30-14-5-2-6-15-30)44(33)47-40-20-9-8-19-39(40)46-45(47)38-28-48-41-24-22-31(27-37(38)41)32-23-25-43-36(26-32)35-16-7-10-21-42(35)49-43;1-2-6-10(7-3-1)11-8-4-5-9-12-11;/h1-27H;1-6,8-9H;/q2*-1;. The van der Waals surface area contributed by atoms with Gasteiger partial charge < -0.3 is 9.55 Å². The van der Waals surface area contributed by atoms with Crippen LogP contribution in [0.2, 0.25) is 0 Å². The van der Waals surface area contributed by atoms with Crippen molar-refractivity contribution < 1.29 is 20.1 Å². The first-order valence-corrected chi connectivity index (χ1v) is 21.9. The Balaban J connectivity index is 0.000000305. The molecule has 62 heavy (non-hydrogen) atoms. The molecule has 6 heteroatoms. The van der Waals surface area contributed by atoms with E-state index >= 15 is 0 Å². The van der Waals surface area contributed by atoms with E-state index in [0.717, 1.165) is 67.0 Å². The van der Waals surface area contributed by atoms with Gasteiger partial charge in [-0.2, -0.15) is 0 Å². The molecule has 0 N–H and O–H groups in total. The van der Waals surface area contributed by atoms with Crippen molar-refractivity contribution in [2.24, 2.45) is 0 Å². The van der Waals surface area contributed by atoms with Crippen molar-refractivity contribution in [3.05, 3.63) is 224 Å². The quantitative estimate of drug-likeness (QED) is 0.155. The summed E-state index contributed by atoms with van der Waals surface area (Å²) < 4.78 is 6.20. The molecule has 0 bridgehead atoms. The van der Waals surface area contributed by atoms with Crippen molar-refractivity contribution in [1.29, 1.82) is 0 Å². The molecule has 0 aliphatic carbocycles. The molecule has 0 saturated carbocycles. The number of thiophene rings is 2. The fourth-order valence-electron chi connectivity index (χ4n) is 8.21. The fourth-order valence-corrected chi connectivity index (χ4v) is 10.1. The molecule has 8 aromatic carbocycles. The molecule has 0 unspecified atom stereocenters. The van der Waals surface area contributed by atoms with Crippen LogP contribution >= 0.6 is 22.7 Å². The Morgan fingerprint density at radius 3 is 1.85 bits per heavy atom. The van der Waals surface area contributed by atoms with Gasteiger partial charge in [0.15, 0.2) is 0 Å². The molecule has 4 heterocycles. The molecule has 0 saturated heterocycles. The molecule has 0 amide bonds. The molecule has 0 aliphatic heterocycles. The largest absolute Gasteiger partial charge is 0.332 e. The number of aromatic nitrogens is 3. The van der Waals surface area contributed by atoms with Crippen molar-refractivity contribution in [1.82, 2.24) is 14.5 Å². The van der Waals surface area contributed by atoms with E-state index in [2.05, 4.69) is 185 Å². The Labute approximate surface area is 381 Å². The Kier molecular flexibility index (Phi) is 11.0. The van der Waals surface area contributed by atoms with Gasteiger partial charge in [0, 0.05) is 57.6 Å². The second-order valence-corrected chi connectivity index (χ2v) is 16.7. The number of hydrogen-bond acceptors (Lipinski definition) is 4. The van der Waals surface area contributed by atoms with E-state index in [0.29, 0.717) is 0 Å². The number of benzene rings is 8. The zero-order valence-corrected chi connectivity index (χ0v) is 37.2. The maximum Gasteiger partial charge on any atom is 0.0774 e. The smallest absolute Gasteiger partial charge is 0.0774 e. The minimum atomic E-state index is 0. The second kappa shape index (κ2) is 17.3. The summed E-state index contributed by atoms with van der Waals surface area (Å²) in [5.74, 6) is 0.893. The number of imidazole rings is 1. The molecule has 0 spiro atoms. The maximum absolute atomic E-state index is 5.36. The number of pyridine rings is 1. The average Bonchev–Trinajstić information content (AvgIpc) is 4.05. The van der Waals surface area contributed by atoms with E-state index in [9.17, 15) is 0 Å². The zero-order valence-electron chi connectivity index (χ0n) is 33.2. The van der Waals surface area contributed by atoms with Crippen LogP contribution in [-0.2, 0) is 20.1 Å². The SMILES string of the molecule is [Ir].[c-]1ccccc1-c1ccccn1.[c-]1sc2ccc(-c3ccc4sc5ccccc5c4c3)cc2c1-c1nc2ccccc2n1-c1c(-c2ccccc2)cccc1-c1ccccc1. The summed E-state index contributed by atoms with van der Waals surface area (Å²) in [6.07, 6.45) is 1.79. The molecule has 4 aromatic heterocycles. The third kappa shape index (κ3) is 7.38. The van der Waals surface area contributed by atoms with Crippen molar-refractivity contribution >= 4 is 64.0 Å². The number of hydrogen-bond donors (Lipinski definition) is 0. The van der Waals surface area contributed by atoms with Gasteiger partial charge in [0.25, 0.3) is 0 Å². The van der Waals surface area contributed by atoms with Crippen LogP contribution in [0.3, 0.4) is 0 Å². The third-order valence-corrected chi connectivity index (χ3v) is 13.1. The zero-order chi connectivity index (χ0) is 40.5. The molecule has 3 nitrogen and oxygen atoms in total. The van der Waals surface area contributed by atoms with E-state index in [1.54, 1.807) is 17.5 Å². The second-order valence-electron chi connectivity index (χ2n) is 14.8. The Hall–Kier alpha value is -6.79. The van der Waals surface area contributed by atoms with Crippen LogP contribution in [0.25, 0.3) is 103 Å². The Bertz CT molecular complexity index is 3370. The van der Waals surface area contributed by atoms with Crippen LogP contribution in [0.4, 0.5) is 0 Å². The van der Waals surface area contributed by atoms with Crippen molar-refractivity contribution in [3.8, 4) is 61.7 Å². The van der Waals surface area contributed by atoms with E-state index < -0.39 is 0 Å². The molecule has 297 valence electrons.